The number of fused-ring (bicyclic) bond motifs is 1. The molecule has 0 saturated carbocycles. The molecule has 1 amide bonds. The molecule has 0 fully saturated rings. The highest BCUT2D eigenvalue weighted by Crippen LogP contribution is 2.29. The molecule has 0 unspecified atom stereocenters. The summed E-state index contributed by atoms with van der Waals surface area (Å²) in [4.78, 5) is 12.5. The number of benzene rings is 2. The molecule has 1 aliphatic rings. The first kappa shape index (κ1) is 15.6. The zero-order valence-corrected chi connectivity index (χ0v) is 13.7. The lowest BCUT2D eigenvalue weighted by atomic mass is 9.87. The fraction of sp³-hybridized carbons (Fsp3) is 0.350. The van der Waals surface area contributed by atoms with Crippen LogP contribution in [-0.4, -0.2) is 12.0 Å². The number of nitrogens with one attached hydrogen (secondary N) is 1. The van der Waals surface area contributed by atoms with Gasteiger partial charge in [0.15, 0.2) is 6.10 Å². The fourth-order valence-electron chi connectivity index (χ4n) is 3.07. The first-order chi connectivity index (χ1) is 11.1. The normalized spacial score (nSPS) is 17.9. The van der Waals surface area contributed by atoms with Crippen LogP contribution in [0.15, 0.2) is 48.5 Å². The lowest BCUT2D eigenvalue weighted by Gasteiger charge is -2.27. The Morgan fingerprint density at radius 1 is 1.17 bits per heavy atom. The van der Waals surface area contributed by atoms with Crippen molar-refractivity contribution >= 4 is 5.91 Å². The number of carbonyl (C=O) groups is 1. The van der Waals surface area contributed by atoms with E-state index in [4.69, 9.17) is 4.74 Å². The Balaban J connectivity index is 1.64. The van der Waals surface area contributed by atoms with Gasteiger partial charge in [0.2, 0.25) is 0 Å². The summed E-state index contributed by atoms with van der Waals surface area (Å²) in [6, 6.07) is 16.2. The monoisotopic (exact) mass is 309 g/mol. The largest absolute Gasteiger partial charge is 0.481 e. The van der Waals surface area contributed by atoms with E-state index >= 15 is 0 Å². The standard InChI is InChI=1S/C20H23NO2/c1-14-10-12-17(13-11-14)23-15(2)20(22)21-19-9-5-7-16-6-3-4-8-18(16)19/h3-4,6,8,10-13,15,19H,5,7,9H2,1-2H3,(H,21,22)/t15-,19+/m1/s1. The van der Waals surface area contributed by atoms with E-state index in [1.54, 1.807) is 6.92 Å². The van der Waals surface area contributed by atoms with Crippen LogP contribution in [0.5, 0.6) is 5.75 Å². The molecule has 2 atom stereocenters. The molecule has 3 nitrogen and oxygen atoms in total. The summed E-state index contributed by atoms with van der Waals surface area (Å²) < 4.78 is 5.75. The summed E-state index contributed by atoms with van der Waals surface area (Å²) in [6.45, 7) is 3.82. The third-order valence-electron chi connectivity index (χ3n) is 4.39. The van der Waals surface area contributed by atoms with E-state index in [0.717, 1.165) is 25.0 Å². The number of aryl methyl sites for hydroxylation is 2. The molecule has 23 heavy (non-hydrogen) atoms. The molecular weight excluding hydrogens is 286 g/mol. The molecule has 3 rings (SSSR count). The minimum Gasteiger partial charge on any atom is -0.481 e. The van der Waals surface area contributed by atoms with Gasteiger partial charge in [-0.15, -0.1) is 0 Å². The Kier molecular flexibility index (Phi) is 4.65. The van der Waals surface area contributed by atoms with Crippen molar-refractivity contribution in [2.24, 2.45) is 0 Å². The van der Waals surface area contributed by atoms with Gasteiger partial charge in [-0.25, -0.2) is 0 Å². The zero-order valence-electron chi connectivity index (χ0n) is 13.7. The third kappa shape index (κ3) is 3.73. The van der Waals surface area contributed by atoms with Gasteiger partial charge >= 0.3 is 0 Å². The van der Waals surface area contributed by atoms with E-state index in [9.17, 15) is 4.79 Å². The van der Waals surface area contributed by atoms with Crippen LogP contribution in [0.3, 0.4) is 0 Å². The number of carbonyl (C=O) groups excluding carboxylic acids is 1. The zero-order chi connectivity index (χ0) is 16.2. The maximum atomic E-state index is 12.5. The van der Waals surface area contributed by atoms with Crippen LogP contribution < -0.4 is 10.1 Å². The van der Waals surface area contributed by atoms with Crippen molar-refractivity contribution in [1.82, 2.24) is 5.32 Å². The van der Waals surface area contributed by atoms with Crippen LogP contribution in [0.25, 0.3) is 0 Å². The van der Waals surface area contributed by atoms with Crippen LogP contribution in [-0.2, 0) is 11.2 Å². The van der Waals surface area contributed by atoms with Gasteiger partial charge in [-0.05, 0) is 56.4 Å². The SMILES string of the molecule is Cc1ccc(O[C@H](C)C(=O)N[C@H]2CCCc3ccccc32)cc1. The van der Waals surface area contributed by atoms with Crippen LogP contribution in [0.1, 0.15) is 42.5 Å². The second-order valence-corrected chi connectivity index (χ2v) is 6.23. The molecule has 0 saturated heterocycles. The predicted octanol–water partition coefficient (Wildman–Crippen LogP) is 3.96. The minimum absolute atomic E-state index is 0.0627. The van der Waals surface area contributed by atoms with E-state index in [0.29, 0.717) is 0 Å². The lowest BCUT2D eigenvalue weighted by Crippen LogP contribution is -2.39. The van der Waals surface area contributed by atoms with Crippen molar-refractivity contribution < 1.29 is 9.53 Å². The van der Waals surface area contributed by atoms with Gasteiger partial charge < -0.3 is 10.1 Å². The Morgan fingerprint density at radius 3 is 2.70 bits per heavy atom. The number of amides is 1. The fourth-order valence-corrected chi connectivity index (χ4v) is 3.07. The van der Waals surface area contributed by atoms with Gasteiger partial charge in [-0.1, -0.05) is 42.0 Å². The highest BCUT2D eigenvalue weighted by molar-refractivity contribution is 5.81. The predicted molar refractivity (Wildman–Crippen MR) is 91.5 cm³/mol. The van der Waals surface area contributed by atoms with Crippen molar-refractivity contribution in [1.29, 1.82) is 0 Å². The second-order valence-electron chi connectivity index (χ2n) is 6.23. The van der Waals surface area contributed by atoms with Crippen molar-refractivity contribution in [2.75, 3.05) is 0 Å². The molecule has 0 bridgehead atoms. The summed E-state index contributed by atoms with van der Waals surface area (Å²) in [5.41, 5.74) is 3.76. The average Bonchev–Trinajstić information content (AvgIpc) is 2.57. The highest BCUT2D eigenvalue weighted by Gasteiger charge is 2.24. The number of hydrogen-bond acceptors (Lipinski definition) is 2. The van der Waals surface area contributed by atoms with Crippen LogP contribution >= 0.6 is 0 Å². The lowest BCUT2D eigenvalue weighted by molar-refractivity contribution is -0.128. The van der Waals surface area contributed by atoms with E-state index in [2.05, 4.69) is 23.5 Å². The van der Waals surface area contributed by atoms with Gasteiger partial charge in [-0.3, -0.25) is 4.79 Å². The molecular formula is C20H23NO2. The molecule has 0 spiro atoms. The Bertz CT molecular complexity index is 678. The Labute approximate surface area is 137 Å². The summed E-state index contributed by atoms with van der Waals surface area (Å²) in [6.07, 6.45) is 2.68. The van der Waals surface area contributed by atoms with Gasteiger partial charge in [0, 0.05) is 0 Å². The quantitative estimate of drug-likeness (QED) is 0.928. The molecule has 1 N–H and O–H groups in total. The molecule has 3 heteroatoms. The van der Waals surface area contributed by atoms with Crippen molar-refractivity contribution in [3.63, 3.8) is 0 Å². The van der Waals surface area contributed by atoms with Gasteiger partial charge in [-0.2, -0.15) is 0 Å². The molecule has 2 aromatic rings. The smallest absolute Gasteiger partial charge is 0.261 e. The second kappa shape index (κ2) is 6.86. The maximum Gasteiger partial charge on any atom is 0.261 e. The maximum absolute atomic E-state index is 12.5. The van der Waals surface area contributed by atoms with Crippen molar-refractivity contribution in [3.8, 4) is 5.75 Å². The van der Waals surface area contributed by atoms with E-state index in [1.807, 2.05) is 37.3 Å². The molecule has 0 heterocycles. The summed E-state index contributed by atoms with van der Waals surface area (Å²) in [7, 11) is 0. The van der Waals surface area contributed by atoms with E-state index in [-0.39, 0.29) is 11.9 Å². The molecule has 0 aromatic heterocycles. The molecule has 1 aliphatic carbocycles. The highest BCUT2D eigenvalue weighted by atomic mass is 16.5. The summed E-state index contributed by atoms with van der Waals surface area (Å²) >= 11 is 0. The Morgan fingerprint density at radius 2 is 1.91 bits per heavy atom. The number of ether oxygens (including phenoxy) is 1. The van der Waals surface area contributed by atoms with Gasteiger partial charge in [0.25, 0.3) is 5.91 Å². The van der Waals surface area contributed by atoms with Crippen LogP contribution in [0.2, 0.25) is 0 Å². The van der Waals surface area contributed by atoms with Crippen molar-refractivity contribution in [3.05, 3.63) is 65.2 Å². The summed E-state index contributed by atoms with van der Waals surface area (Å²) in [5.74, 6) is 0.662. The average molecular weight is 309 g/mol. The van der Waals surface area contributed by atoms with E-state index in [1.165, 1.54) is 16.7 Å². The van der Waals surface area contributed by atoms with Crippen molar-refractivity contribution in [2.45, 2.75) is 45.3 Å². The Hall–Kier alpha value is -2.29. The first-order valence-electron chi connectivity index (χ1n) is 8.25. The first-order valence-corrected chi connectivity index (χ1v) is 8.25. The number of hydrogen-bond donors (Lipinski definition) is 1. The topological polar surface area (TPSA) is 38.3 Å². The molecule has 2 aromatic carbocycles. The van der Waals surface area contributed by atoms with Gasteiger partial charge in [0.1, 0.15) is 5.75 Å². The molecule has 120 valence electrons. The van der Waals surface area contributed by atoms with E-state index < -0.39 is 6.10 Å². The van der Waals surface area contributed by atoms with Crippen LogP contribution in [0, 0.1) is 6.92 Å². The minimum atomic E-state index is -0.508. The molecule has 0 aliphatic heterocycles. The number of rotatable bonds is 4. The third-order valence-corrected chi connectivity index (χ3v) is 4.39. The summed E-state index contributed by atoms with van der Waals surface area (Å²) in [5, 5.41) is 3.14. The van der Waals surface area contributed by atoms with Crippen LogP contribution in [0.4, 0.5) is 0 Å². The molecule has 0 radical (unpaired) electrons. The van der Waals surface area contributed by atoms with Gasteiger partial charge in [0.05, 0.1) is 6.04 Å².